The van der Waals surface area contributed by atoms with Gasteiger partial charge in [0.25, 0.3) is 0 Å². The first-order valence-electron chi connectivity index (χ1n) is 6.92. The largest absolute Gasteiger partial charge is 0.493 e. The van der Waals surface area contributed by atoms with Crippen molar-refractivity contribution in [3.05, 3.63) is 47.8 Å². The van der Waals surface area contributed by atoms with Crippen LogP contribution in [0, 0.1) is 0 Å². The molecule has 0 fully saturated rings. The zero-order valence-electron chi connectivity index (χ0n) is 12.3. The maximum absolute atomic E-state index is 5.35. The van der Waals surface area contributed by atoms with E-state index >= 15 is 0 Å². The van der Waals surface area contributed by atoms with E-state index in [0.717, 1.165) is 33.5 Å². The van der Waals surface area contributed by atoms with Crippen molar-refractivity contribution in [2.45, 2.75) is 0 Å². The van der Waals surface area contributed by atoms with Crippen molar-refractivity contribution in [1.29, 1.82) is 0 Å². The second-order valence-electron chi connectivity index (χ2n) is 5.01. The highest BCUT2D eigenvalue weighted by Gasteiger charge is 2.21. The highest BCUT2D eigenvalue weighted by Crippen LogP contribution is 2.41. The number of rotatable bonds is 3. The molecule has 0 unspecified atom stereocenters. The Morgan fingerprint density at radius 2 is 1.91 bits per heavy atom. The molecule has 0 spiro atoms. The molecule has 0 bridgehead atoms. The Morgan fingerprint density at radius 1 is 1.09 bits per heavy atom. The number of pyridine rings is 1. The molecular weight excluding hydrogens is 278 g/mol. The van der Waals surface area contributed by atoms with Gasteiger partial charge in [-0.25, -0.2) is 10.3 Å². The molecule has 1 aliphatic rings. The number of aromatic amines is 1. The fourth-order valence-corrected chi connectivity index (χ4v) is 2.71. The van der Waals surface area contributed by atoms with Crippen LogP contribution >= 0.6 is 0 Å². The van der Waals surface area contributed by atoms with Gasteiger partial charge in [0.05, 0.1) is 25.6 Å². The van der Waals surface area contributed by atoms with Gasteiger partial charge in [0.15, 0.2) is 11.5 Å². The Hall–Kier alpha value is -2.95. The summed E-state index contributed by atoms with van der Waals surface area (Å²) in [4.78, 5) is 7.49. The smallest absolute Gasteiger partial charge is 0.162 e. The van der Waals surface area contributed by atoms with Crippen molar-refractivity contribution in [3.63, 3.8) is 0 Å². The maximum atomic E-state index is 5.35. The summed E-state index contributed by atoms with van der Waals surface area (Å²) >= 11 is 0. The monoisotopic (exact) mass is 292 g/mol. The molecule has 22 heavy (non-hydrogen) atoms. The first kappa shape index (κ1) is 12.8. The normalized spacial score (nSPS) is 12.7. The Bertz CT molecular complexity index is 896. The summed E-state index contributed by atoms with van der Waals surface area (Å²) in [5.74, 6) is 1.38. The van der Waals surface area contributed by atoms with E-state index in [-0.39, 0.29) is 0 Å². The molecule has 1 aliphatic heterocycles. The van der Waals surface area contributed by atoms with Crippen LogP contribution in [-0.4, -0.2) is 24.2 Å². The molecule has 5 nitrogen and oxygen atoms in total. The van der Waals surface area contributed by atoms with E-state index in [0.29, 0.717) is 11.5 Å². The molecule has 0 saturated heterocycles. The average Bonchev–Trinajstić information content (AvgIpc) is 3.16. The van der Waals surface area contributed by atoms with Crippen LogP contribution in [0.25, 0.3) is 22.8 Å². The van der Waals surface area contributed by atoms with Crippen LogP contribution < -0.4 is 14.8 Å². The molecule has 2 aromatic heterocycles. The Kier molecular flexibility index (Phi) is 2.79. The zero-order chi connectivity index (χ0) is 15.1. The predicted molar refractivity (Wildman–Crippen MR) is 85.3 cm³/mol. The number of hydrogen-bond donors (Lipinski definition) is 1. The minimum atomic E-state index is 0.681. The lowest BCUT2D eigenvalue weighted by Gasteiger charge is -2.09. The van der Waals surface area contributed by atoms with E-state index in [9.17, 15) is 0 Å². The van der Waals surface area contributed by atoms with Gasteiger partial charge in [0, 0.05) is 35.0 Å². The summed E-state index contributed by atoms with van der Waals surface area (Å²) in [6.45, 7) is 0. The molecular formula is C17H14N3O2. The first-order valence-corrected chi connectivity index (χ1v) is 6.92. The highest BCUT2D eigenvalue weighted by molar-refractivity contribution is 6.00. The summed E-state index contributed by atoms with van der Waals surface area (Å²) < 4.78 is 10.7. The molecule has 1 N–H and O–H groups in total. The Morgan fingerprint density at radius 3 is 2.73 bits per heavy atom. The van der Waals surface area contributed by atoms with E-state index in [1.165, 1.54) is 0 Å². The molecule has 3 heterocycles. The molecule has 1 aromatic carbocycles. The Labute approximate surface area is 127 Å². The molecule has 0 saturated carbocycles. The highest BCUT2D eigenvalue weighted by atomic mass is 16.5. The van der Waals surface area contributed by atoms with Crippen LogP contribution in [0.15, 0.2) is 36.7 Å². The lowest BCUT2D eigenvalue weighted by Crippen LogP contribution is -1.94. The van der Waals surface area contributed by atoms with Gasteiger partial charge in [0.1, 0.15) is 5.65 Å². The van der Waals surface area contributed by atoms with Gasteiger partial charge < -0.3 is 14.5 Å². The molecule has 0 aliphatic carbocycles. The average molecular weight is 292 g/mol. The minimum absolute atomic E-state index is 0.681. The van der Waals surface area contributed by atoms with Crippen LogP contribution in [0.4, 0.5) is 5.69 Å². The van der Waals surface area contributed by atoms with E-state index in [1.54, 1.807) is 20.4 Å². The topological polar surface area (TPSA) is 61.2 Å². The molecule has 0 amide bonds. The minimum Gasteiger partial charge on any atom is -0.493 e. The van der Waals surface area contributed by atoms with Gasteiger partial charge in [-0.05, 0) is 24.3 Å². The molecule has 3 aromatic rings. The summed E-state index contributed by atoms with van der Waals surface area (Å²) in [7, 11) is 3.26. The fourth-order valence-electron chi connectivity index (χ4n) is 2.71. The summed E-state index contributed by atoms with van der Waals surface area (Å²) in [5.41, 5.74) is 4.71. The number of ether oxygens (including phenoxy) is 2. The van der Waals surface area contributed by atoms with Crippen LogP contribution in [-0.2, 0) is 0 Å². The lowest BCUT2D eigenvalue weighted by atomic mass is 10.1. The summed E-state index contributed by atoms with van der Waals surface area (Å²) in [5, 5.41) is 5.77. The van der Waals surface area contributed by atoms with Gasteiger partial charge in [-0.2, -0.15) is 0 Å². The number of aromatic nitrogens is 2. The molecule has 0 atom stereocenters. The van der Waals surface area contributed by atoms with Crippen LogP contribution in [0.1, 0.15) is 11.1 Å². The molecule has 109 valence electrons. The first-order chi connectivity index (χ1) is 10.8. The quantitative estimate of drug-likeness (QED) is 0.805. The lowest BCUT2D eigenvalue weighted by molar-refractivity contribution is 0.355. The van der Waals surface area contributed by atoms with Gasteiger partial charge in [0.2, 0.25) is 0 Å². The zero-order valence-corrected chi connectivity index (χ0v) is 12.3. The third-order valence-electron chi connectivity index (χ3n) is 3.79. The second-order valence-corrected chi connectivity index (χ2v) is 5.01. The van der Waals surface area contributed by atoms with Crippen LogP contribution in [0.3, 0.4) is 0 Å². The number of nitrogens with zero attached hydrogens (tertiary/aromatic N) is 2. The number of methoxy groups -OCH3 is 2. The third kappa shape index (κ3) is 1.83. The molecule has 5 heteroatoms. The second kappa shape index (κ2) is 4.80. The van der Waals surface area contributed by atoms with Crippen LogP contribution in [0.2, 0.25) is 0 Å². The van der Waals surface area contributed by atoms with E-state index in [4.69, 9.17) is 14.8 Å². The summed E-state index contributed by atoms with van der Waals surface area (Å²) in [6, 6.07) is 7.80. The number of fused-ring (bicyclic) bond motifs is 2. The van der Waals surface area contributed by atoms with Crippen LogP contribution in [0.5, 0.6) is 11.5 Å². The van der Waals surface area contributed by atoms with E-state index in [1.807, 2.05) is 36.5 Å². The predicted octanol–water partition coefficient (Wildman–Crippen LogP) is 3.33. The molecule has 1 radical (unpaired) electrons. The number of H-pyrrole nitrogens is 1. The third-order valence-corrected chi connectivity index (χ3v) is 3.79. The van der Waals surface area contributed by atoms with E-state index in [2.05, 4.69) is 9.97 Å². The van der Waals surface area contributed by atoms with Crippen molar-refractivity contribution < 1.29 is 9.47 Å². The van der Waals surface area contributed by atoms with Crippen molar-refractivity contribution in [2.75, 3.05) is 14.2 Å². The SMILES string of the molecule is COc1cc2c(cc1OC)[N]C(c1c[nH]c3ncccc13)=C2. The van der Waals surface area contributed by atoms with Gasteiger partial charge >= 0.3 is 0 Å². The van der Waals surface area contributed by atoms with Gasteiger partial charge in [-0.3, -0.25) is 0 Å². The van der Waals surface area contributed by atoms with Crippen molar-refractivity contribution in [2.24, 2.45) is 0 Å². The van der Waals surface area contributed by atoms with Crippen molar-refractivity contribution >= 4 is 28.5 Å². The van der Waals surface area contributed by atoms with Crippen molar-refractivity contribution in [3.8, 4) is 11.5 Å². The van der Waals surface area contributed by atoms with Gasteiger partial charge in [-0.1, -0.05) is 0 Å². The fraction of sp³-hybridized carbons (Fsp3) is 0.118. The standard InChI is InChI=1S/C17H14N3O2/c1-21-15-7-10-6-14(20-13(10)8-16(15)22-2)12-9-19-17-11(12)4-3-5-18-17/h3-9H,1-2H3,(H,18,19). The van der Waals surface area contributed by atoms with Crippen molar-refractivity contribution in [1.82, 2.24) is 15.3 Å². The number of hydrogen-bond acceptors (Lipinski definition) is 3. The number of nitrogens with one attached hydrogen (secondary N) is 1. The molecule has 4 rings (SSSR count). The number of benzene rings is 1. The summed E-state index contributed by atoms with van der Waals surface area (Å²) in [6.07, 6.45) is 5.76. The Balaban J connectivity index is 1.80. The van der Waals surface area contributed by atoms with E-state index < -0.39 is 0 Å². The van der Waals surface area contributed by atoms with Gasteiger partial charge in [-0.15, -0.1) is 0 Å². The maximum Gasteiger partial charge on any atom is 0.162 e.